The van der Waals surface area contributed by atoms with Crippen LogP contribution in [0.5, 0.6) is 0 Å². The second kappa shape index (κ2) is 6.26. The highest BCUT2D eigenvalue weighted by molar-refractivity contribution is 7.99. The Morgan fingerprint density at radius 2 is 2.00 bits per heavy atom. The summed E-state index contributed by atoms with van der Waals surface area (Å²) in [7, 11) is 0. The van der Waals surface area contributed by atoms with Gasteiger partial charge in [0.05, 0.1) is 10.0 Å². The highest BCUT2D eigenvalue weighted by Gasteiger charge is 2.36. The molecule has 1 heterocycles. The molecule has 0 spiro atoms. The van der Waals surface area contributed by atoms with E-state index in [1.54, 1.807) is 36.4 Å². The van der Waals surface area contributed by atoms with Gasteiger partial charge in [-0.15, -0.1) is 11.8 Å². The minimum atomic E-state index is -1.45. The fraction of sp³-hybridized carbons (Fsp3) is 0.143. The number of carboxylic acids is 1. The number of aliphatic carboxylic acids is 1. The van der Waals surface area contributed by atoms with Crippen molar-refractivity contribution >= 4 is 29.3 Å². The molecule has 104 valence electrons. The smallest absolute Gasteiger partial charge is 0.329 e. The van der Waals surface area contributed by atoms with Gasteiger partial charge in [0.2, 0.25) is 0 Å². The van der Waals surface area contributed by atoms with Gasteiger partial charge >= 0.3 is 5.97 Å². The average Bonchev–Trinajstić information content (AvgIpc) is 2.47. The molecule has 1 unspecified atom stereocenters. The van der Waals surface area contributed by atoms with Crippen LogP contribution < -0.4 is 5.73 Å². The van der Waals surface area contributed by atoms with Crippen molar-refractivity contribution in [2.45, 2.75) is 10.6 Å². The fourth-order valence-electron chi connectivity index (χ4n) is 1.64. The van der Waals surface area contributed by atoms with Crippen LogP contribution in [0.2, 0.25) is 5.02 Å². The number of nitrogens with two attached hydrogens (primary N) is 1. The van der Waals surface area contributed by atoms with Crippen LogP contribution >= 0.6 is 23.4 Å². The lowest BCUT2D eigenvalue weighted by Crippen LogP contribution is -2.47. The Balaban J connectivity index is 2.18. The molecule has 3 N–H and O–H groups in total. The second-order valence-corrected chi connectivity index (χ2v) is 5.68. The standard InChI is InChI=1S/C14H13ClN2O2S/c15-11-6-7-12(17-8-11)20-9-14(16,13(18)19)10-4-2-1-3-5-10/h1-8H,9,16H2,(H,18,19). The molecule has 1 atom stereocenters. The van der Waals surface area contributed by atoms with Crippen LogP contribution in [0, 0.1) is 0 Å². The zero-order chi connectivity index (χ0) is 14.6. The molecule has 2 aromatic rings. The fourth-order valence-corrected chi connectivity index (χ4v) is 2.71. The molecule has 0 bridgehead atoms. The Hall–Kier alpha value is -1.56. The monoisotopic (exact) mass is 308 g/mol. The molecule has 1 aromatic carbocycles. The first kappa shape index (κ1) is 14.8. The summed E-state index contributed by atoms with van der Waals surface area (Å²) in [5.41, 5.74) is 5.18. The SMILES string of the molecule is NC(CSc1ccc(Cl)cn1)(C(=O)O)c1ccccc1. The number of thioether (sulfide) groups is 1. The summed E-state index contributed by atoms with van der Waals surface area (Å²) in [6.45, 7) is 0. The molecule has 2 rings (SSSR count). The third-order valence-corrected chi connectivity index (χ3v) is 4.18. The molecule has 0 saturated heterocycles. The number of carboxylic acid groups (broad SMARTS) is 1. The number of pyridine rings is 1. The van der Waals surface area contributed by atoms with Gasteiger partial charge in [-0.3, -0.25) is 0 Å². The molecule has 0 aliphatic rings. The van der Waals surface area contributed by atoms with E-state index in [1.807, 2.05) is 6.07 Å². The van der Waals surface area contributed by atoms with Crippen LogP contribution in [-0.2, 0) is 10.3 Å². The van der Waals surface area contributed by atoms with Crippen molar-refractivity contribution in [3.63, 3.8) is 0 Å². The van der Waals surface area contributed by atoms with Gasteiger partial charge < -0.3 is 10.8 Å². The minimum Gasteiger partial charge on any atom is -0.480 e. The van der Waals surface area contributed by atoms with Crippen molar-refractivity contribution in [3.8, 4) is 0 Å². The Morgan fingerprint density at radius 3 is 2.55 bits per heavy atom. The molecule has 0 amide bonds. The van der Waals surface area contributed by atoms with Gasteiger partial charge in [-0.2, -0.15) is 0 Å². The van der Waals surface area contributed by atoms with Crippen LogP contribution in [0.25, 0.3) is 0 Å². The lowest BCUT2D eigenvalue weighted by Gasteiger charge is -2.24. The average molecular weight is 309 g/mol. The number of aromatic nitrogens is 1. The molecule has 4 nitrogen and oxygen atoms in total. The van der Waals surface area contributed by atoms with E-state index < -0.39 is 11.5 Å². The van der Waals surface area contributed by atoms with Crippen molar-refractivity contribution in [1.82, 2.24) is 4.98 Å². The van der Waals surface area contributed by atoms with Crippen molar-refractivity contribution < 1.29 is 9.90 Å². The number of benzene rings is 1. The maximum atomic E-state index is 11.5. The number of rotatable bonds is 5. The summed E-state index contributed by atoms with van der Waals surface area (Å²) in [4.78, 5) is 15.6. The largest absolute Gasteiger partial charge is 0.480 e. The van der Waals surface area contributed by atoms with Crippen LogP contribution in [0.15, 0.2) is 53.7 Å². The first-order valence-electron chi connectivity index (χ1n) is 5.84. The molecule has 1 aromatic heterocycles. The third kappa shape index (κ3) is 3.30. The van der Waals surface area contributed by atoms with E-state index in [9.17, 15) is 9.90 Å². The predicted molar refractivity (Wildman–Crippen MR) is 79.9 cm³/mol. The Labute approximate surface area is 126 Å². The van der Waals surface area contributed by atoms with Gasteiger partial charge in [-0.05, 0) is 17.7 Å². The van der Waals surface area contributed by atoms with Crippen LogP contribution in [0.1, 0.15) is 5.56 Å². The van der Waals surface area contributed by atoms with E-state index in [4.69, 9.17) is 17.3 Å². The molecular formula is C14H13ClN2O2S. The van der Waals surface area contributed by atoms with Crippen molar-refractivity contribution in [3.05, 3.63) is 59.2 Å². The van der Waals surface area contributed by atoms with E-state index in [2.05, 4.69) is 4.98 Å². The molecule has 0 aliphatic heterocycles. The first-order chi connectivity index (χ1) is 9.52. The van der Waals surface area contributed by atoms with E-state index in [0.29, 0.717) is 15.6 Å². The normalized spacial score (nSPS) is 13.7. The lowest BCUT2D eigenvalue weighted by molar-refractivity contribution is -0.142. The molecule has 6 heteroatoms. The Morgan fingerprint density at radius 1 is 1.30 bits per heavy atom. The Bertz CT molecular complexity index is 592. The van der Waals surface area contributed by atoms with Gasteiger partial charge in [0.25, 0.3) is 0 Å². The molecule has 0 fully saturated rings. The van der Waals surface area contributed by atoms with Crippen LogP contribution in [0.3, 0.4) is 0 Å². The zero-order valence-electron chi connectivity index (χ0n) is 10.5. The summed E-state index contributed by atoms with van der Waals surface area (Å²) in [5, 5.41) is 10.6. The first-order valence-corrected chi connectivity index (χ1v) is 7.21. The van der Waals surface area contributed by atoms with Gasteiger partial charge in [-0.1, -0.05) is 41.9 Å². The van der Waals surface area contributed by atoms with E-state index in [0.717, 1.165) is 0 Å². The lowest BCUT2D eigenvalue weighted by atomic mass is 9.93. The second-order valence-electron chi connectivity index (χ2n) is 4.25. The summed E-state index contributed by atoms with van der Waals surface area (Å²) < 4.78 is 0. The number of nitrogens with zero attached hydrogens (tertiary/aromatic N) is 1. The molecule has 0 radical (unpaired) electrons. The van der Waals surface area contributed by atoms with Crippen molar-refractivity contribution in [1.29, 1.82) is 0 Å². The minimum absolute atomic E-state index is 0.182. The van der Waals surface area contributed by atoms with E-state index in [-0.39, 0.29) is 5.75 Å². The number of hydrogen-bond donors (Lipinski definition) is 2. The van der Waals surface area contributed by atoms with Gasteiger partial charge in [0.1, 0.15) is 5.54 Å². The summed E-state index contributed by atoms with van der Waals surface area (Å²) in [6.07, 6.45) is 1.52. The Kier molecular flexibility index (Phi) is 4.65. The summed E-state index contributed by atoms with van der Waals surface area (Å²) >= 11 is 7.04. The molecule has 0 aliphatic carbocycles. The third-order valence-electron chi connectivity index (χ3n) is 2.82. The van der Waals surface area contributed by atoms with Crippen LogP contribution in [-0.4, -0.2) is 21.8 Å². The molecule has 0 saturated carbocycles. The van der Waals surface area contributed by atoms with Crippen molar-refractivity contribution in [2.75, 3.05) is 5.75 Å². The highest BCUT2D eigenvalue weighted by atomic mass is 35.5. The molecular weight excluding hydrogens is 296 g/mol. The number of carbonyl (C=O) groups is 1. The quantitative estimate of drug-likeness (QED) is 0.831. The zero-order valence-corrected chi connectivity index (χ0v) is 12.1. The van der Waals surface area contributed by atoms with E-state index in [1.165, 1.54) is 18.0 Å². The molecule has 20 heavy (non-hydrogen) atoms. The summed E-state index contributed by atoms with van der Waals surface area (Å²) in [6, 6.07) is 12.2. The summed E-state index contributed by atoms with van der Waals surface area (Å²) in [5.74, 6) is -0.883. The van der Waals surface area contributed by atoms with Gasteiger partial charge in [0.15, 0.2) is 0 Å². The topological polar surface area (TPSA) is 76.2 Å². The predicted octanol–water partition coefficient (Wildman–Crippen LogP) is 2.77. The maximum absolute atomic E-state index is 11.5. The van der Waals surface area contributed by atoms with Gasteiger partial charge in [0, 0.05) is 11.9 Å². The van der Waals surface area contributed by atoms with Gasteiger partial charge in [-0.25, -0.2) is 9.78 Å². The number of hydrogen-bond acceptors (Lipinski definition) is 4. The maximum Gasteiger partial charge on any atom is 0.329 e. The van der Waals surface area contributed by atoms with E-state index >= 15 is 0 Å². The van der Waals surface area contributed by atoms with Crippen molar-refractivity contribution in [2.24, 2.45) is 5.73 Å². The van der Waals surface area contributed by atoms with Crippen LogP contribution in [0.4, 0.5) is 0 Å². The number of halogens is 1. The highest BCUT2D eigenvalue weighted by Crippen LogP contribution is 2.27.